The Morgan fingerprint density at radius 2 is 2.04 bits per heavy atom. The van der Waals surface area contributed by atoms with Gasteiger partial charge in [0.15, 0.2) is 0 Å². The molecule has 0 radical (unpaired) electrons. The Morgan fingerprint density at radius 1 is 1.16 bits per heavy atom. The molecule has 0 N–H and O–H groups in total. The third kappa shape index (κ3) is 2.95. The number of nitrogens with zero attached hydrogens (tertiary/aromatic N) is 4. The molecule has 0 amide bonds. The minimum absolute atomic E-state index is 0.400. The standard InChI is InChI=1S/C20H22N4O/c1-13-6-8-16-14(11-13)7-9-17(22-16)18-23-19(25-24-18)20(2,3)15-5-4-10-21-12-15/h4-5,7,9-10,12-13H,6,8,11H2,1-3H3. The minimum Gasteiger partial charge on any atom is -0.338 e. The first kappa shape index (κ1) is 15.9. The highest BCUT2D eigenvalue weighted by Crippen LogP contribution is 2.31. The van der Waals surface area contributed by atoms with Gasteiger partial charge in [-0.05, 0) is 62.3 Å². The van der Waals surface area contributed by atoms with Crippen molar-refractivity contribution < 1.29 is 4.52 Å². The van der Waals surface area contributed by atoms with Crippen molar-refractivity contribution in [2.75, 3.05) is 0 Å². The maximum Gasteiger partial charge on any atom is 0.237 e. The average molecular weight is 334 g/mol. The molecule has 5 nitrogen and oxygen atoms in total. The Kier molecular flexibility index (Phi) is 3.86. The van der Waals surface area contributed by atoms with Crippen LogP contribution in [0, 0.1) is 5.92 Å². The molecule has 0 aliphatic heterocycles. The fourth-order valence-electron chi connectivity index (χ4n) is 3.35. The van der Waals surface area contributed by atoms with E-state index in [0.717, 1.165) is 30.0 Å². The zero-order valence-corrected chi connectivity index (χ0v) is 14.9. The Morgan fingerprint density at radius 3 is 2.84 bits per heavy atom. The van der Waals surface area contributed by atoms with E-state index < -0.39 is 5.41 Å². The van der Waals surface area contributed by atoms with Gasteiger partial charge in [0.05, 0.1) is 5.41 Å². The monoisotopic (exact) mass is 334 g/mol. The van der Waals surface area contributed by atoms with Crippen molar-refractivity contribution in [2.24, 2.45) is 5.92 Å². The van der Waals surface area contributed by atoms with Crippen LogP contribution in [0.4, 0.5) is 0 Å². The summed E-state index contributed by atoms with van der Waals surface area (Å²) in [6.07, 6.45) is 6.91. The summed E-state index contributed by atoms with van der Waals surface area (Å²) in [5, 5.41) is 4.17. The first-order valence-electron chi connectivity index (χ1n) is 8.78. The average Bonchev–Trinajstić information content (AvgIpc) is 3.13. The van der Waals surface area contributed by atoms with E-state index in [9.17, 15) is 0 Å². The van der Waals surface area contributed by atoms with Crippen molar-refractivity contribution in [2.45, 2.75) is 45.4 Å². The van der Waals surface area contributed by atoms with Crippen molar-refractivity contribution in [3.8, 4) is 11.5 Å². The summed E-state index contributed by atoms with van der Waals surface area (Å²) in [6.45, 7) is 6.41. The molecule has 4 rings (SSSR count). The van der Waals surface area contributed by atoms with E-state index >= 15 is 0 Å². The molecule has 0 saturated carbocycles. The van der Waals surface area contributed by atoms with Gasteiger partial charge >= 0.3 is 0 Å². The molecule has 3 heterocycles. The molecule has 3 aromatic heterocycles. The van der Waals surface area contributed by atoms with Crippen LogP contribution in [-0.4, -0.2) is 20.1 Å². The molecule has 25 heavy (non-hydrogen) atoms. The van der Waals surface area contributed by atoms with Gasteiger partial charge in [0.25, 0.3) is 0 Å². The Hall–Kier alpha value is -2.56. The normalized spacial score (nSPS) is 17.3. The quantitative estimate of drug-likeness (QED) is 0.725. The Bertz CT molecular complexity index is 886. The molecule has 0 fully saturated rings. The highest BCUT2D eigenvalue weighted by molar-refractivity contribution is 5.50. The summed E-state index contributed by atoms with van der Waals surface area (Å²) in [5.74, 6) is 1.86. The predicted octanol–water partition coefficient (Wildman–Crippen LogP) is 3.98. The van der Waals surface area contributed by atoms with E-state index in [4.69, 9.17) is 9.51 Å². The second-order valence-corrected chi connectivity index (χ2v) is 7.44. The Balaban J connectivity index is 1.66. The molecule has 1 atom stereocenters. The van der Waals surface area contributed by atoms with Crippen LogP contribution in [0.15, 0.2) is 41.2 Å². The molecule has 0 saturated heterocycles. The predicted molar refractivity (Wildman–Crippen MR) is 95.1 cm³/mol. The number of pyridine rings is 2. The summed E-state index contributed by atoms with van der Waals surface area (Å²) in [6, 6.07) is 8.10. The van der Waals surface area contributed by atoms with Gasteiger partial charge in [-0.25, -0.2) is 4.98 Å². The van der Waals surface area contributed by atoms with Crippen molar-refractivity contribution in [1.82, 2.24) is 20.1 Å². The highest BCUT2D eigenvalue weighted by atomic mass is 16.5. The number of fused-ring (bicyclic) bond motifs is 1. The molecule has 0 aromatic carbocycles. The summed E-state index contributed by atoms with van der Waals surface area (Å²) < 4.78 is 5.57. The molecule has 3 aromatic rings. The SMILES string of the molecule is CC1CCc2nc(-c3noc(C(C)(C)c4cccnc4)n3)ccc2C1. The topological polar surface area (TPSA) is 64.7 Å². The number of aryl methyl sites for hydroxylation is 1. The molecular formula is C20H22N4O. The van der Waals surface area contributed by atoms with Gasteiger partial charge in [-0.15, -0.1) is 0 Å². The Labute approximate surface area is 147 Å². The van der Waals surface area contributed by atoms with Crippen LogP contribution in [0.3, 0.4) is 0 Å². The zero-order valence-electron chi connectivity index (χ0n) is 14.9. The minimum atomic E-state index is -0.400. The molecular weight excluding hydrogens is 312 g/mol. The fraction of sp³-hybridized carbons (Fsp3) is 0.400. The van der Waals surface area contributed by atoms with Crippen molar-refractivity contribution in [3.63, 3.8) is 0 Å². The fourth-order valence-corrected chi connectivity index (χ4v) is 3.35. The van der Waals surface area contributed by atoms with E-state index in [1.165, 1.54) is 17.7 Å². The van der Waals surface area contributed by atoms with Crippen LogP contribution in [0.1, 0.15) is 49.9 Å². The summed E-state index contributed by atoms with van der Waals surface area (Å²) in [7, 11) is 0. The van der Waals surface area contributed by atoms with Crippen molar-refractivity contribution in [3.05, 3.63) is 59.4 Å². The third-order valence-corrected chi connectivity index (χ3v) is 5.08. The van der Waals surface area contributed by atoms with Gasteiger partial charge in [0.1, 0.15) is 5.69 Å². The maximum absolute atomic E-state index is 5.57. The largest absolute Gasteiger partial charge is 0.338 e. The molecule has 128 valence electrons. The van der Waals surface area contributed by atoms with Gasteiger partial charge in [0.2, 0.25) is 11.7 Å². The second kappa shape index (κ2) is 6.06. The van der Waals surface area contributed by atoms with Crippen LogP contribution in [0.25, 0.3) is 11.5 Å². The van der Waals surface area contributed by atoms with Gasteiger partial charge in [-0.1, -0.05) is 24.2 Å². The smallest absolute Gasteiger partial charge is 0.237 e. The second-order valence-electron chi connectivity index (χ2n) is 7.44. The lowest BCUT2D eigenvalue weighted by Gasteiger charge is -2.20. The molecule has 5 heteroatoms. The van der Waals surface area contributed by atoms with E-state index in [2.05, 4.69) is 42.0 Å². The lowest BCUT2D eigenvalue weighted by molar-refractivity contribution is 0.332. The highest BCUT2D eigenvalue weighted by Gasteiger charge is 2.30. The van der Waals surface area contributed by atoms with Gasteiger partial charge in [0, 0.05) is 18.1 Å². The molecule has 1 aliphatic rings. The van der Waals surface area contributed by atoms with E-state index in [0.29, 0.717) is 11.7 Å². The number of hydrogen-bond acceptors (Lipinski definition) is 5. The first-order valence-corrected chi connectivity index (χ1v) is 8.78. The summed E-state index contributed by atoms with van der Waals surface area (Å²) in [5.41, 5.74) is 3.95. The van der Waals surface area contributed by atoms with Crippen LogP contribution in [-0.2, 0) is 18.3 Å². The number of aromatic nitrogens is 4. The maximum atomic E-state index is 5.57. The van der Waals surface area contributed by atoms with Gasteiger partial charge in [-0.3, -0.25) is 4.98 Å². The van der Waals surface area contributed by atoms with E-state index in [1.807, 2.05) is 24.4 Å². The van der Waals surface area contributed by atoms with Crippen LogP contribution in [0.2, 0.25) is 0 Å². The zero-order chi connectivity index (χ0) is 17.4. The molecule has 1 aliphatic carbocycles. The van der Waals surface area contributed by atoms with Crippen molar-refractivity contribution >= 4 is 0 Å². The first-order chi connectivity index (χ1) is 12.0. The number of hydrogen-bond donors (Lipinski definition) is 0. The molecule has 0 spiro atoms. The lowest BCUT2D eigenvalue weighted by atomic mass is 9.85. The van der Waals surface area contributed by atoms with Crippen LogP contribution >= 0.6 is 0 Å². The van der Waals surface area contributed by atoms with E-state index in [-0.39, 0.29) is 0 Å². The van der Waals surface area contributed by atoms with Gasteiger partial charge in [-0.2, -0.15) is 4.98 Å². The summed E-state index contributed by atoms with van der Waals surface area (Å²) >= 11 is 0. The van der Waals surface area contributed by atoms with Crippen LogP contribution < -0.4 is 0 Å². The molecule has 0 bridgehead atoms. The molecule has 1 unspecified atom stereocenters. The summed E-state index contributed by atoms with van der Waals surface area (Å²) in [4.78, 5) is 13.6. The number of rotatable bonds is 3. The van der Waals surface area contributed by atoms with E-state index in [1.54, 1.807) is 6.20 Å². The third-order valence-electron chi connectivity index (χ3n) is 5.08. The van der Waals surface area contributed by atoms with Crippen molar-refractivity contribution in [1.29, 1.82) is 0 Å². The van der Waals surface area contributed by atoms with Crippen LogP contribution in [0.5, 0.6) is 0 Å². The lowest BCUT2D eigenvalue weighted by Crippen LogP contribution is -2.19. The van der Waals surface area contributed by atoms with Gasteiger partial charge < -0.3 is 4.52 Å².